The van der Waals surface area contributed by atoms with Gasteiger partial charge in [0.25, 0.3) is 0 Å². The van der Waals surface area contributed by atoms with Crippen LogP contribution in [0.2, 0.25) is 0 Å². The van der Waals surface area contributed by atoms with Crippen LogP contribution in [-0.2, 0) is 6.54 Å². The Bertz CT molecular complexity index is 433. The molecule has 0 bridgehead atoms. The van der Waals surface area contributed by atoms with E-state index in [0.29, 0.717) is 5.92 Å². The van der Waals surface area contributed by atoms with Crippen LogP contribution in [0.5, 0.6) is 0 Å². The van der Waals surface area contributed by atoms with E-state index in [1.807, 2.05) is 25.5 Å². The third-order valence-electron chi connectivity index (χ3n) is 2.78. The molecule has 1 heterocycles. The minimum absolute atomic E-state index is 0.488. The summed E-state index contributed by atoms with van der Waals surface area (Å²) in [6, 6.07) is 10.5. The van der Waals surface area contributed by atoms with Crippen molar-refractivity contribution in [3.63, 3.8) is 0 Å². The van der Waals surface area contributed by atoms with Crippen LogP contribution in [0.1, 0.15) is 18.4 Å². The van der Waals surface area contributed by atoms with Crippen molar-refractivity contribution in [2.45, 2.75) is 19.4 Å². The van der Waals surface area contributed by atoms with E-state index in [9.17, 15) is 0 Å². The summed E-state index contributed by atoms with van der Waals surface area (Å²) in [6.07, 6.45) is 3.83. The van der Waals surface area contributed by atoms with E-state index in [-0.39, 0.29) is 0 Å². The molecule has 1 aromatic carbocycles. The molecule has 0 aliphatic heterocycles. The molecule has 3 heteroatoms. The summed E-state index contributed by atoms with van der Waals surface area (Å²) in [7, 11) is 1.89. The summed E-state index contributed by atoms with van der Waals surface area (Å²) in [5.41, 5.74) is 1.36. The maximum absolute atomic E-state index is 4.23. The van der Waals surface area contributed by atoms with Crippen molar-refractivity contribution in [1.82, 2.24) is 9.55 Å². The summed E-state index contributed by atoms with van der Waals surface area (Å²) in [6.45, 7) is 3.18. The topological polar surface area (TPSA) is 29.9 Å². The molecule has 0 aliphatic rings. The molecular weight excluding hydrogens is 198 g/mol. The van der Waals surface area contributed by atoms with Crippen LogP contribution in [0.3, 0.4) is 0 Å². The fourth-order valence-electron chi connectivity index (χ4n) is 1.87. The number of nitrogens with one attached hydrogen (secondary N) is 1. The zero-order valence-corrected chi connectivity index (χ0v) is 9.72. The molecule has 3 nitrogen and oxygen atoms in total. The zero-order chi connectivity index (χ0) is 11.4. The van der Waals surface area contributed by atoms with Gasteiger partial charge in [-0.05, 0) is 11.5 Å². The van der Waals surface area contributed by atoms with Gasteiger partial charge in [0.05, 0.1) is 0 Å². The molecule has 0 saturated heterocycles. The van der Waals surface area contributed by atoms with Gasteiger partial charge in [-0.1, -0.05) is 37.3 Å². The molecule has 1 N–H and O–H groups in total. The number of rotatable bonds is 4. The Balaban J connectivity index is 2.11. The number of anilines is 1. The third-order valence-corrected chi connectivity index (χ3v) is 2.78. The molecule has 0 spiro atoms. The minimum atomic E-state index is 0.488. The molecule has 2 rings (SSSR count). The van der Waals surface area contributed by atoms with Gasteiger partial charge in [0.15, 0.2) is 0 Å². The fourth-order valence-corrected chi connectivity index (χ4v) is 1.87. The average Bonchev–Trinajstić information content (AvgIpc) is 2.77. The quantitative estimate of drug-likeness (QED) is 0.849. The smallest absolute Gasteiger partial charge is 0.202 e. The fraction of sp³-hybridized carbons (Fsp3) is 0.308. The Morgan fingerprint density at radius 3 is 2.75 bits per heavy atom. The molecule has 0 aliphatic carbocycles. The van der Waals surface area contributed by atoms with Gasteiger partial charge in [0, 0.05) is 26.0 Å². The van der Waals surface area contributed by atoms with E-state index in [0.717, 1.165) is 12.5 Å². The van der Waals surface area contributed by atoms with Gasteiger partial charge in [-0.3, -0.25) is 0 Å². The molecule has 0 saturated carbocycles. The summed E-state index contributed by atoms with van der Waals surface area (Å²) >= 11 is 0. The normalized spacial score (nSPS) is 12.4. The first-order valence-corrected chi connectivity index (χ1v) is 5.55. The lowest BCUT2D eigenvalue weighted by molar-refractivity contribution is 0.602. The molecule has 0 amide bonds. The Morgan fingerprint density at radius 1 is 1.31 bits per heavy atom. The highest BCUT2D eigenvalue weighted by molar-refractivity contribution is 5.25. The summed E-state index contributed by atoms with van der Waals surface area (Å²) in [5.74, 6) is 1.41. The molecule has 1 unspecified atom stereocenters. The zero-order valence-electron chi connectivity index (χ0n) is 9.72. The highest BCUT2D eigenvalue weighted by Crippen LogP contribution is 2.18. The van der Waals surface area contributed by atoms with E-state index < -0.39 is 0 Å². The van der Waals surface area contributed by atoms with E-state index in [1.54, 1.807) is 0 Å². The van der Waals surface area contributed by atoms with E-state index in [2.05, 4.69) is 46.1 Å². The van der Waals surface area contributed by atoms with Crippen LogP contribution >= 0.6 is 0 Å². The number of hydrogen-bond donors (Lipinski definition) is 1. The lowest BCUT2D eigenvalue weighted by atomic mass is 10.0. The van der Waals surface area contributed by atoms with Crippen molar-refractivity contribution in [2.24, 2.45) is 0 Å². The predicted octanol–water partition coefficient (Wildman–Crippen LogP) is 2.73. The first-order chi connectivity index (χ1) is 7.81. The highest BCUT2D eigenvalue weighted by atomic mass is 15.2. The van der Waals surface area contributed by atoms with Crippen molar-refractivity contribution in [2.75, 3.05) is 12.4 Å². The van der Waals surface area contributed by atoms with Gasteiger partial charge in [0.1, 0.15) is 0 Å². The van der Waals surface area contributed by atoms with Crippen molar-refractivity contribution in [3.05, 3.63) is 48.3 Å². The van der Waals surface area contributed by atoms with Gasteiger partial charge < -0.3 is 9.88 Å². The maximum atomic E-state index is 4.23. The Hall–Kier alpha value is -1.77. The monoisotopic (exact) mass is 215 g/mol. The van der Waals surface area contributed by atoms with Crippen molar-refractivity contribution in [1.29, 1.82) is 0 Å². The third kappa shape index (κ3) is 2.24. The highest BCUT2D eigenvalue weighted by Gasteiger charge is 2.07. The van der Waals surface area contributed by atoms with Gasteiger partial charge >= 0.3 is 0 Å². The molecule has 1 aromatic heterocycles. The predicted molar refractivity (Wildman–Crippen MR) is 66.6 cm³/mol. The lowest BCUT2D eigenvalue weighted by Crippen LogP contribution is -2.08. The average molecular weight is 215 g/mol. The van der Waals surface area contributed by atoms with E-state index in [1.165, 1.54) is 5.56 Å². The first-order valence-electron chi connectivity index (χ1n) is 5.55. The van der Waals surface area contributed by atoms with Crippen LogP contribution in [0.15, 0.2) is 42.7 Å². The molecule has 1 atom stereocenters. The van der Waals surface area contributed by atoms with E-state index in [4.69, 9.17) is 0 Å². The molecule has 84 valence electrons. The second-order valence-electron chi connectivity index (χ2n) is 3.96. The molecule has 0 radical (unpaired) electrons. The van der Waals surface area contributed by atoms with Crippen LogP contribution in [0, 0.1) is 0 Å². The van der Waals surface area contributed by atoms with Crippen LogP contribution in [0.25, 0.3) is 0 Å². The first kappa shape index (κ1) is 10.7. The second kappa shape index (κ2) is 4.84. The number of nitrogens with zero attached hydrogens (tertiary/aromatic N) is 2. The number of aromatic nitrogens is 2. The lowest BCUT2D eigenvalue weighted by Gasteiger charge is -2.14. The number of benzene rings is 1. The van der Waals surface area contributed by atoms with Crippen molar-refractivity contribution < 1.29 is 0 Å². The Kier molecular flexibility index (Phi) is 3.25. The van der Waals surface area contributed by atoms with Crippen molar-refractivity contribution in [3.8, 4) is 0 Å². The summed E-state index contributed by atoms with van der Waals surface area (Å²) in [4.78, 5) is 4.23. The largest absolute Gasteiger partial charge is 0.359 e. The van der Waals surface area contributed by atoms with Crippen LogP contribution in [-0.4, -0.2) is 16.6 Å². The van der Waals surface area contributed by atoms with Gasteiger partial charge in [0.2, 0.25) is 5.95 Å². The molecular formula is C13H17N3. The SMILES string of the molecule is CNc1nccn1CC(C)c1ccccc1. The number of hydrogen-bond acceptors (Lipinski definition) is 2. The summed E-state index contributed by atoms with van der Waals surface area (Å²) < 4.78 is 2.14. The van der Waals surface area contributed by atoms with Crippen LogP contribution < -0.4 is 5.32 Å². The standard InChI is InChI=1S/C13H17N3/c1-11(12-6-4-3-5-7-12)10-16-9-8-15-13(16)14-2/h3-9,11H,10H2,1-2H3,(H,14,15). The van der Waals surface area contributed by atoms with Crippen LogP contribution in [0.4, 0.5) is 5.95 Å². The molecule has 16 heavy (non-hydrogen) atoms. The van der Waals surface area contributed by atoms with Gasteiger partial charge in [-0.2, -0.15) is 0 Å². The Labute approximate surface area is 96.1 Å². The molecule has 0 fully saturated rings. The van der Waals surface area contributed by atoms with Crippen molar-refractivity contribution >= 4 is 5.95 Å². The second-order valence-corrected chi connectivity index (χ2v) is 3.96. The number of imidazole rings is 1. The summed E-state index contributed by atoms with van der Waals surface area (Å²) in [5, 5.41) is 3.08. The Morgan fingerprint density at radius 2 is 2.06 bits per heavy atom. The van der Waals surface area contributed by atoms with E-state index >= 15 is 0 Å². The minimum Gasteiger partial charge on any atom is -0.359 e. The van der Waals surface area contributed by atoms with Gasteiger partial charge in [-0.15, -0.1) is 0 Å². The molecule has 2 aromatic rings. The maximum Gasteiger partial charge on any atom is 0.202 e. The van der Waals surface area contributed by atoms with Gasteiger partial charge in [-0.25, -0.2) is 4.98 Å².